The summed E-state index contributed by atoms with van der Waals surface area (Å²) in [6.45, 7) is 6.49. The lowest BCUT2D eigenvalue weighted by Crippen LogP contribution is -2.17. The second-order valence-corrected chi connectivity index (χ2v) is 6.11. The average Bonchev–Trinajstić information content (AvgIpc) is 2.71. The molecule has 16 heavy (non-hydrogen) atoms. The average molecular weight is 235 g/mol. The van der Waals surface area contributed by atoms with E-state index in [9.17, 15) is 0 Å². The molecule has 86 valence electrons. The molecule has 1 aliphatic rings. The normalized spacial score (nSPS) is 23.0. The zero-order valence-electron chi connectivity index (χ0n) is 10.0. The zero-order valence-corrected chi connectivity index (χ0v) is 10.8. The van der Waals surface area contributed by atoms with Crippen LogP contribution in [-0.4, -0.2) is 10.4 Å². The van der Waals surface area contributed by atoms with Crippen LogP contribution in [0.15, 0.2) is 0 Å². The number of hydrogen-bond donors (Lipinski definition) is 1. The number of nitrogens with one attached hydrogen (secondary N) is 1. The number of hydrogen-bond acceptors (Lipinski definition) is 4. The molecule has 1 unspecified atom stereocenters. The van der Waals surface area contributed by atoms with E-state index in [-0.39, 0.29) is 0 Å². The summed E-state index contributed by atoms with van der Waals surface area (Å²) in [5.74, 6) is 0. The third-order valence-corrected chi connectivity index (χ3v) is 4.15. The van der Waals surface area contributed by atoms with Gasteiger partial charge in [-0.1, -0.05) is 13.8 Å². The van der Waals surface area contributed by atoms with Crippen molar-refractivity contribution in [3.8, 4) is 6.07 Å². The Balaban J connectivity index is 2.08. The minimum atomic E-state index is 0.435. The zero-order chi connectivity index (χ0) is 11.8. The number of aromatic nitrogens is 1. The summed E-state index contributed by atoms with van der Waals surface area (Å²) in [5, 5.41) is 13.5. The Bertz CT molecular complexity index is 428. The van der Waals surface area contributed by atoms with Gasteiger partial charge in [0.1, 0.15) is 16.6 Å². The van der Waals surface area contributed by atoms with E-state index in [4.69, 9.17) is 5.26 Å². The van der Waals surface area contributed by atoms with Crippen LogP contribution in [-0.2, 0) is 0 Å². The minimum absolute atomic E-state index is 0.435. The van der Waals surface area contributed by atoms with Crippen LogP contribution in [0.5, 0.6) is 0 Å². The summed E-state index contributed by atoms with van der Waals surface area (Å²) < 4.78 is 4.22. The number of nitrogens with zero attached hydrogens (tertiary/aromatic N) is 2. The first-order chi connectivity index (χ1) is 7.52. The van der Waals surface area contributed by atoms with E-state index in [2.05, 4.69) is 29.6 Å². The molecule has 0 saturated heterocycles. The van der Waals surface area contributed by atoms with E-state index in [0.29, 0.717) is 11.5 Å². The van der Waals surface area contributed by atoms with Crippen molar-refractivity contribution in [2.45, 2.75) is 46.1 Å². The van der Waals surface area contributed by atoms with Gasteiger partial charge >= 0.3 is 0 Å². The number of anilines is 1. The van der Waals surface area contributed by atoms with E-state index in [1.807, 2.05) is 6.92 Å². The summed E-state index contributed by atoms with van der Waals surface area (Å²) in [7, 11) is 0. The number of nitriles is 1. The van der Waals surface area contributed by atoms with Crippen molar-refractivity contribution in [1.82, 2.24) is 4.37 Å². The summed E-state index contributed by atoms with van der Waals surface area (Å²) in [4.78, 5) is 0. The molecule has 3 nitrogen and oxygen atoms in total. The molecular formula is C12H17N3S. The van der Waals surface area contributed by atoms with Crippen molar-refractivity contribution in [2.75, 3.05) is 5.32 Å². The highest BCUT2D eigenvalue weighted by Crippen LogP contribution is 2.39. The maximum Gasteiger partial charge on any atom is 0.127 e. The van der Waals surface area contributed by atoms with E-state index < -0.39 is 0 Å². The smallest absolute Gasteiger partial charge is 0.127 e. The van der Waals surface area contributed by atoms with E-state index in [1.165, 1.54) is 30.8 Å². The number of rotatable bonds is 2. The van der Waals surface area contributed by atoms with Gasteiger partial charge in [0.25, 0.3) is 0 Å². The molecule has 0 spiro atoms. The van der Waals surface area contributed by atoms with E-state index in [0.717, 1.165) is 16.3 Å². The maximum absolute atomic E-state index is 9.04. The van der Waals surface area contributed by atoms with Gasteiger partial charge in [-0.05, 0) is 43.1 Å². The van der Waals surface area contributed by atoms with Gasteiger partial charge in [-0.2, -0.15) is 9.64 Å². The van der Waals surface area contributed by atoms with Crippen LogP contribution in [0.2, 0.25) is 0 Å². The summed E-state index contributed by atoms with van der Waals surface area (Å²) in [6, 6.07) is 2.73. The molecule has 2 rings (SSSR count). The first-order valence-electron chi connectivity index (χ1n) is 5.65. The molecule has 1 saturated carbocycles. The van der Waals surface area contributed by atoms with Crippen LogP contribution < -0.4 is 5.32 Å². The lowest BCUT2D eigenvalue weighted by Gasteiger charge is -2.17. The second kappa shape index (κ2) is 4.06. The summed E-state index contributed by atoms with van der Waals surface area (Å²) in [5.41, 5.74) is 1.99. The topological polar surface area (TPSA) is 48.7 Å². The molecular weight excluding hydrogens is 218 g/mol. The predicted octanol–water partition coefficient (Wildman–Crippen LogP) is 3.31. The third-order valence-electron chi connectivity index (χ3n) is 3.28. The van der Waals surface area contributed by atoms with Crippen LogP contribution in [0.1, 0.15) is 44.4 Å². The lowest BCUT2D eigenvalue weighted by molar-refractivity contribution is 0.378. The molecule has 4 heteroatoms. The summed E-state index contributed by atoms with van der Waals surface area (Å²) >= 11 is 1.40. The van der Waals surface area contributed by atoms with Crippen LogP contribution in [0.4, 0.5) is 5.00 Å². The lowest BCUT2D eigenvalue weighted by atomic mass is 9.92. The Morgan fingerprint density at radius 1 is 1.56 bits per heavy atom. The Morgan fingerprint density at radius 2 is 2.31 bits per heavy atom. The minimum Gasteiger partial charge on any atom is -0.372 e. The van der Waals surface area contributed by atoms with Crippen molar-refractivity contribution in [1.29, 1.82) is 5.26 Å². The molecule has 1 fully saturated rings. The van der Waals surface area contributed by atoms with Crippen molar-refractivity contribution < 1.29 is 0 Å². The molecule has 1 heterocycles. The fraction of sp³-hybridized carbons (Fsp3) is 0.667. The molecule has 0 amide bonds. The van der Waals surface area contributed by atoms with Gasteiger partial charge in [0, 0.05) is 6.04 Å². The molecule has 0 bridgehead atoms. The molecule has 0 aromatic carbocycles. The molecule has 0 radical (unpaired) electrons. The highest BCUT2D eigenvalue weighted by molar-refractivity contribution is 7.10. The van der Waals surface area contributed by atoms with Gasteiger partial charge < -0.3 is 5.32 Å². The van der Waals surface area contributed by atoms with Crippen molar-refractivity contribution in [2.24, 2.45) is 5.41 Å². The Hall–Kier alpha value is -1.08. The highest BCUT2D eigenvalue weighted by Gasteiger charge is 2.31. The second-order valence-electron chi connectivity index (χ2n) is 5.33. The first-order valence-corrected chi connectivity index (χ1v) is 6.42. The molecule has 1 aliphatic carbocycles. The molecule has 1 N–H and O–H groups in total. The van der Waals surface area contributed by atoms with Gasteiger partial charge in [0.05, 0.1) is 5.69 Å². The number of aryl methyl sites for hydroxylation is 1. The fourth-order valence-corrected chi connectivity index (χ4v) is 3.17. The quantitative estimate of drug-likeness (QED) is 0.855. The fourth-order valence-electron chi connectivity index (χ4n) is 2.34. The standard InChI is InChI=1S/C12H17N3S/c1-8-10(7-13)11(16-15-8)14-9-4-5-12(2,3)6-9/h9,14H,4-6H2,1-3H3. The van der Waals surface area contributed by atoms with E-state index >= 15 is 0 Å². The Kier molecular flexibility index (Phi) is 2.90. The van der Waals surface area contributed by atoms with Gasteiger partial charge in [0.15, 0.2) is 0 Å². The Labute approximate surface area is 101 Å². The van der Waals surface area contributed by atoms with Gasteiger partial charge in [0.2, 0.25) is 0 Å². The van der Waals surface area contributed by atoms with E-state index in [1.54, 1.807) is 0 Å². The Morgan fingerprint density at radius 3 is 2.88 bits per heavy atom. The van der Waals surface area contributed by atoms with Gasteiger partial charge in [-0.3, -0.25) is 0 Å². The van der Waals surface area contributed by atoms with Crippen LogP contribution >= 0.6 is 11.5 Å². The van der Waals surface area contributed by atoms with Crippen LogP contribution in [0.3, 0.4) is 0 Å². The SMILES string of the molecule is Cc1nsc(NC2CCC(C)(C)C2)c1C#N. The van der Waals surface area contributed by atoms with Crippen molar-refractivity contribution in [3.05, 3.63) is 11.3 Å². The monoisotopic (exact) mass is 235 g/mol. The van der Waals surface area contributed by atoms with Crippen molar-refractivity contribution in [3.63, 3.8) is 0 Å². The molecule has 0 aliphatic heterocycles. The maximum atomic E-state index is 9.04. The summed E-state index contributed by atoms with van der Waals surface area (Å²) in [6.07, 6.45) is 3.62. The largest absolute Gasteiger partial charge is 0.372 e. The third kappa shape index (κ3) is 2.19. The first kappa shape index (κ1) is 11.4. The van der Waals surface area contributed by atoms with Crippen LogP contribution in [0, 0.1) is 23.7 Å². The molecule has 1 aromatic heterocycles. The predicted molar refractivity (Wildman–Crippen MR) is 66.6 cm³/mol. The highest BCUT2D eigenvalue weighted by atomic mass is 32.1. The van der Waals surface area contributed by atoms with Crippen molar-refractivity contribution >= 4 is 16.5 Å². The molecule has 1 atom stereocenters. The van der Waals surface area contributed by atoms with Gasteiger partial charge in [-0.15, -0.1) is 0 Å². The molecule has 1 aromatic rings. The van der Waals surface area contributed by atoms with Gasteiger partial charge in [-0.25, -0.2) is 0 Å². The van der Waals surface area contributed by atoms with Crippen LogP contribution in [0.25, 0.3) is 0 Å².